The Hall–Kier alpha value is -0.180. The SMILES string of the molecule is CN(C1CCS(=O)(=O)C1)S(=O)(=O)CCCCNC1CC1. The highest BCUT2D eigenvalue weighted by Gasteiger charge is 2.35. The normalized spacial score (nSPS) is 26.2. The monoisotopic (exact) mass is 324 g/mol. The summed E-state index contributed by atoms with van der Waals surface area (Å²) >= 11 is 0. The maximum absolute atomic E-state index is 12.1. The Morgan fingerprint density at radius 2 is 1.90 bits per heavy atom. The van der Waals surface area contributed by atoms with Crippen LogP contribution in [0.15, 0.2) is 0 Å². The number of nitrogens with zero attached hydrogens (tertiary/aromatic N) is 1. The zero-order chi connectivity index (χ0) is 14.8. The van der Waals surface area contributed by atoms with E-state index in [1.54, 1.807) is 0 Å². The van der Waals surface area contributed by atoms with Gasteiger partial charge < -0.3 is 5.32 Å². The number of rotatable bonds is 8. The minimum absolute atomic E-state index is 0.0357. The Balaban J connectivity index is 1.73. The molecule has 2 fully saturated rings. The molecule has 1 saturated heterocycles. The third kappa shape index (κ3) is 4.68. The summed E-state index contributed by atoms with van der Waals surface area (Å²) in [6.45, 7) is 0.863. The lowest BCUT2D eigenvalue weighted by molar-refractivity contribution is 0.393. The van der Waals surface area contributed by atoms with Crippen LogP contribution in [0.2, 0.25) is 0 Å². The summed E-state index contributed by atoms with van der Waals surface area (Å²) in [6.07, 6.45) is 4.34. The van der Waals surface area contributed by atoms with Crippen molar-refractivity contribution in [3.05, 3.63) is 0 Å². The van der Waals surface area contributed by atoms with Gasteiger partial charge in [-0.1, -0.05) is 0 Å². The molecule has 0 aromatic rings. The number of sulfonamides is 1. The Morgan fingerprint density at radius 1 is 1.20 bits per heavy atom. The summed E-state index contributed by atoms with van der Waals surface area (Å²) in [5.41, 5.74) is 0. The van der Waals surface area contributed by atoms with Gasteiger partial charge in [0.25, 0.3) is 0 Å². The highest BCUT2D eigenvalue weighted by Crippen LogP contribution is 2.20. The fourth-order valence-corrected chi connectivity index (χ4v) is 5.80. The van der Waals surface area contributed by atoms with Crippen molar-refractivity contribution >= 4 is 19.9 Å². The summed E-state index contributed by atoms with van der Waals surface area (Å²) in [5.74, 6) is 0.168. The Kier molecular flexibility index (Phi) is 5.09. The molecular formula is C12H24N2O4S2. The molecule has 1 saturated carbocycles. The molecule has 118 valence electrons. The Morgan fingerprint density at radius 3 is 2.45 bits per heavy atom. The number of hydrogen-bond donors (Lipinski definition) is 1. The van der Waals surface area contributed by atoms with Crippen LogP contribution in [0.5, 0.6) is 0 Å². The number of hydrogen-bond acceptors (Lipinski definition) is 5. The molecule has 0 amide bonds. The van der Waals surface area contributed by atoms with Gasteiger partial charge in [-0.3, -0.25) is 0 Å². The second-order valence-electron chi connectivity index (χ2n) is 5.82. The largest absolute Gasteiger partial charge is 0.314 e. The smallest absolute Gasteiger partial charge is 0.214 e. The van der Waals surface area contributed by atoms with E-state index in [9.17, 15) is 16.8 Å². The molecule has 1 heterocycles. The van der Waals surface area contributed by atoms with Crippen molar-refractivity contribution in [1.29, 1.82) is 0 Å². The van der Waals surface area contributed by atoms with Gasteiger partial charge in [0.2, 0.25) is 10.0 Å². The summed E-state index contributed by atoms with van der Waals surface area (Å²) in [5, 5.41) is 3.35. The molecule has 0 spiro atoms. The van der Waals surface area contributed by atoms with Crippen LogP contribution >= 0.6 is 0 Å². The van der Waals surface area contributed by atoms with Crippen molar-refractivity contribution in [3.8, 4) is 0 Å². The van der Waals surface area contributed by atoms with Gasteiger partial charge in [0.05, 0.1) is 17.3 Å². The van der Waals surface area contributed by atoms with E-state index in [2.05, 4.69) is 5.32 Å². The lowest BCUT2D eigenvalue weighted by Crippen LogP contribution is -2.39. The summed E-state index contributed by atoms with van der Waals surface area (Å²) in [7, 11) is -4.88. The first kappa shape index (κ1) is 16.2. The number of nitrogens with one attached hydrogen (secondary N) is 1. The topological polar surface area (TPSA) is 83.6 Å². The maximum Gasteiger partial charge on any atom is 0.214 e. The van der Waals surface area contributed by atoms with Crippen LogP contribution in [-0.4, -0.2) is 64.1 Å². The van der Waals surface area contributed by atoms with E-state index in [-0.39, 0.29) is 23.3 Å². The molecule has 1 unspecified atom stereocenters. The van der Waals surface area contributed by atoms with Crippen molar-refractivity contribution in [2.75, 3.05) is 30.9 Å². The van der Waals surface area contributed by atoms with Crippen LogP contribution < -0.4 is 5.32 Å². The van der Waals surface area contributed by atoms with E-state index in [1.165, 1.54) is 24.2 Å². The molecule has 8 heteroatoms. The van der Waals surface area contributed by atoms with Crippen LogP contribution in [0.4, 0.5) is 0 Å². The highest BCUT2D eigenvalue weighted by molar-refractivity contribution is 7.92. The molecule has 2 aliphatic rings. The fourth-order valence-electron chi connectivity index (χ4n) is 2.44. The third-order valence-electron chi connectivity index (χ3n) is 4.00. The molecule has 0 aromatic carbocycles. The van der Waals surface area contributed by atoms with Gasteiger partial charge in [0.15, 0.2) is 9.84 Å². The van der Waals surface area contributed by atoms with Crippen LogP contribution in [0, 0.1) is 0 Å². The van der Waals surface area contributed by atoms with E-state index in [1.807, 2.05) is 0 Å². The van der Waals surface area contributed by atoms with Crippen molar-refractivity contribution in [3.63, 3.8) is 0 Å². The lowest BCUT2D eigenvalue weighted by atomic mass is 10.3. The van der Waals surface area contributed by atoms with Crippen LogP contribution in [-0.2, 0) is 19.9 Å². The highest BCUT2D eigenvalue weighted by atomic mass is 32.2. The molecule has 1 N–H and O–H groups in total. The lowest BCUT2D eigenvalue weighted by Gasteiger charge is -2.22. The summed E-state index contributed by atoms with van der Waals surface area (Å²) in [6, 6.07) is 0.271. The molecule has 6 nitrogen and oxygen atoms in total. The average Bonchev–Trinajstić information content (AvgIpc) is 3.11. The van der Waals surface area contributed by atoms with Gasteiger partial charge in [-0.05, 0) is 38.6 Å². The second-order valence-corrected chi connectivity index (χ2v) is 10.2. The fraction of sp³-hybridized carbons (Fsp3) is 1.00. The van der Waals surface area contributed by atoms with Crippen molar-refractivity contribution in [1.82, 2.24) is 9.62 Å². The zero-order valence-electron chi connectivity index (χ0n) is 11.9. The number of unbranched alkanes of at least 4 members (excludes halogenated alkanes) is 1. The van der Waals surface area contributed by atoms with Gasteiger partial charge in [0, 0.05) is 19.1 Å². The van der Waals surface area contributed by atoms with Crippen molar-refractivity contribution in [2.24, 2.45) is 0 Å². The van der Waals surface area contributed by atoms with E-state index in [0.29, 0.717) is 18.9 Å². The molecule has 2 rings (SSSR count). The molecular weight excluding hydrogens is 300 g/mol. The average molecular weight is 324 g/mol. The van der Waals surface area contributed by atoms with Crippen molar-refractivity contribution in [2.45, 2.75) is 44.2 Å². The first-order chi connectivity index (χ1) is 9.30. The molecule has 1 aliphatic heterocycles. The van der Waals surface area contributed by atoms with E-state index < -0.39 is 19.9 Å². The standard InChI is InChI=1S/C12H24N2O4S2/c1-14(12-6-9-19(15,16)10-12)20(17,18)8-3-2-7-13-11-4-5-11/h11-13H,2-10H2,1H3. The summed E-state index contributed by atoms with van der Waals surface area (Å²) < 4.78 is 48.4. The van der Waals surface area contributed by atoms with Crippen molar-refractivity contribution < 1.29 is 16.8 Å². The molecule has 1 atom stereocenters. The first-order valence-corrected chi connectivity index (χ1v) is 10.6. The predicted molar refractivity (Wildman–Crippen MR) is 78.9 cm³/mol. The van der Waals surface area contributed by atoms with Gasteiger partial charge >= 0.3 is 0 Å². The molecule has 0 aromatic heterocycles. The summed E-state index contributed by atoms with van der Waals surface area (Å²) in [4.78, 5) is 0. The van der Waals surface area contributed by atoms with E-state index in [4.69, 9.17) is 0 Å². The van der Waals surface area contributed by atoms with E-state index in [0.717, 1.165) is 13.0 Å². The molecule has 0 radical (unpaired) electrons. The maximum atomic E-state index is 12.1. The van der Waals surface area contributed by atoms with Crippen LogP contribution in [0.1, 0.15) is 32.1 Å². The van der Waals surface area contributed by atoms with Gasteiger partial charge in [0.1, 0.15) is 0 Å². The van der Waals surface area contributed by atoms with Gasteiger partial charge in [-0.2, -0.15) is 0 Å². The Labute approximate surface area is 121 Å². The van der Waals surface area contributed by atoms with E-state index >= 15 is 0 Å². The quantitative estimate of drug-likeness (QED) is 0.634. The van der Waals surface area contributed by atoms with Gasteiger partial charge in [-0.25, -0.2) is 21.1 Å². The first-order valence-electron chi connectivity index (χ1n) is 7.20. The minimum atomic E-state index is -3.34. The number of sulfone groups is 1. The molecule has 0 bridgehead atoms. The van der Waals surface area contributed by atoms with Crippen LogP contribution in [0.3, 0.4) is 0 Å². The second kappa shape index (κ2) is 6.29. The van der Waals surface area contributed by atoms with Gasteiger partial charge in [-0.15, -0.1) is 0 Å². The predicted octanol–water partition coefficient (Wildman–Crippen LogP) is -0.0327. The Bertz CT molecular complexity index is 526. The molecule has 1 aliphatic carbocycles. The minimum Gasteiger partial charge on any atom is -0.314 e. The molecule has 20 heavy (non-hydrogen) atoms. The van der Waals surface area contributed by atoms with Crippen LogP contribution in [0.25, 0.3) is 0 Å². The third-order valence-corrected chi connectivity index (χ3v) is 7.73. The zero-order valence-corrected chi connectivity index (χ0v) is 13.5.